The van der Waals surface area contributed by atoms with E-state index >= 15 is 0 Å². The number of nitrogens with zero attached hydrogens (tertiary/aromatic N) is 2. The van der Waals surface area contributed by atoms with Gasteiger partial charge in [0.25, 0.3) is 5.91 Å². The van der Waals surface area contributed by atoms with Gasteiger partial charge < -0.3 is 14.4 Å². The van der Waals surface area contributed by atoms with Crippen molar-refractivity contribution in [3.8, 4) is 5.75 Å². The number of aromatic nitrogens is 1. The zero-order valence-corrected chi connectivity index (χ0v) is 17.8. The van der Waals surface area contributed by atoms with E-state index in [-0.39, 0.29) is 24.5 Å². The van der Waals surface area contributed by atoms with Crippen molar-refractivity contribution in [1.29, 1.82) is 0 Å². The topological polar surface area (TPSA) is 68.7 Å². The maximum atomic E-state index is 13.6. The van der Waals surface area contributed by atoms with Gasteiger partial charge in [-0.05, 0) is 49.6 Å². The van der Waals surface area contributed by atoms with E-state index in [2.05, 4.69) is 4.98 Å². The number of fused-ring (bicyclic) bond motifs is 1. The van der Waals surface area contributed by atoms with Crippen molar-refractivity contribution in [1.82, 2.24) is 9.88 Å². The number of methoxy groups -OCH3 is 1. The Morgan fingerprint density at radius 1 is 1.10 bits per heavy atom. The van der Waals surface area contributed by atoms with Crippen LogP contribution in [0.3, 0.4) is 0 Å². The molecule has 0 bridgehead atoms. The molecule has 1 aliphatic rings. The minimum absolute atomic E-state index is 0.0268. The van der Waals surface area contributed by atoms with E-state index in [0.29, 0.717) is 17.6 Å². The first-order valence-corrected chi connectivity index (χ1v) is 10.6. The van der Waals surface area contributed by atoms with Crippen LogP contribution in [0.2, 0.25) is 0 Å². The highest BCUT2D eigenvalue weighted by atomic mass is 16.5. The van der Waals surface area contributed by atoms with Crippen molar-refractivity contribution < 1.29 is 19.1 Å². The van der Waals surface area contributed by atoms with Gasteiger partial charge in [-0.15, -0.1) is 0 Å². The lowest BCUT2D eigenvalue weighted by molar-refractivity contribution is -0.148. The summed E-state index contributed by atoms with van der Waals surface area (Å²) < 4.78 is 10.6. The first kappa shape index (κ1) is 20.8. The zero-order chi connectivity index (χ0) is 21.8. The number of amides is 1. The third kappa shape index (κ3) is 4.68. The van der Waals surface area contributed by atoms with E-state index in [0.717, 1.165) is 29.5 Å². The maximum Gasteiger partial charge on any atom is 0.329 e. The number of hydrogen-bond donors (Lipinski definition) is 0. The number of benzene rings is 2. The molecule has 1 aromatic heterocycles. The molecular formula is C25H26N2O4. The first-order valence-electron chi connectivity index (χ1n) is 10.6. The summed E-state index contributed by atoms with van der Waals surface area (Å²) in [5.74, 6) is 0.115. The molecule has 6 nitrogen and oxygen atoms in total. The van der Waals surface area contributed by atoms with Crippen molar-refractivity contribution in [3.63, 3.8) is 0 Å². The summed E-state index contributed by atoms with van der Waals surface area (Å²) >= 11 is 0. The van der Waals surface area contributed by atoms with Crippen LogP contribution in [0.4, 0.5) is 0 Å². The van der Waals surface area contributed by atoms with Gasteiger partial charge in [-0.3, -0.25) is 4.79 Å². The maximum absolute atomic E-state index is 13.6. The lowest BCUT2D eigenvalue weighted by Gasteiger charge is -2.30. The monoisotopic (exact) mass is 418 g/mol. The molecule has 0 saturated heterocycles. The third-order valence-corrected chi connectivity index (χ3v) is 5.46. The van der Waals surface area contributed by atoms with Crippen LogP contribution < -0.4 is 4.74 Å². The van der Waals surface area contributed by atoms with Gasteiger partial charge in [0.1, 0.15) is 17.5 Å². The molecule has 160 valence electrons. The molecular weight excluding hydrogens is 392 g/mol. The second kappa shape index (κ2) is 9.16. The highest BCUT2D eigenvalue weighted by molar-refractivity contribution is 5.97. The van der Waals surface area contributed by atoms with Crippen molar-refractivity contribution in [2.24, 2.45) is 0 Å². The Morgan fingerprint density at radius 2 is 1.87 bits per heavy atom. The minimum atomic E-state index is -0.685. The van der Waals surface area contributed by atoms with Crippen molar-refractivity contribution in [3.05, 3.63) is 71.9 Å². The molecule has 0 spiro atoms. The Labute approximate surface area is 181 Å². The summed E-state index contributed by atoms with van der Waals surface area (Å²) in [5, 5.41) is 0.889. The molecule has 3 aromatic rings. The van der Waals surface area contributed by atoms with Crippen LogP contribution in [-0.4, -0.2) is 47.6 Å². The van der Waals surface area contributed by atoms with E-state index in [1.807, 2.05) is 54.6 Å². The number of hydrogen-bond acceptors (Lipinski definition) is 5. The summed E-state index contributed by atoms with van der Waals surface area (Å²) in [6.45, 7) is 2.05. The van der Waals surface area contributed by atoms with Gasteiger partial charge >= 0.3 is 5.97 Å². The predicted octanol–water partition coefficient (Wildman–Crippen LogP) is 4.02. The smallest absolute Gasteiger partial charge is 0.329 e. The van der Waals surface area contributed by atoms with Crippen molar-refractivity contribution in [2.75, 3.05) is 13.7 Å². The Morgan fingerprint density at radius 3 is 2.55 bits per heavy atom. The molecule has 31 heavy (non-hydrogen) atoms. The van der Waals surface area contributed by atoms with E-state index in [1.54, 1.807) is 25.0 Å². The van der Waals surface area contributed by atoms with Gasteiger partial charge in [0.15, 0.2) is 0 Å². The number of rotatable bonds is 8. The third-order valence-electron chi connectivity index (χ3n) is 5.46. The van der Waals surface area contributed by atoms with Gasteiger partial charge in [-0.2, -0.15) is 0 Å². The number of ether oxygens (including phenoxy) is 2. The summed E-state index contributed by atoms with van der Waals surface area (Å²) in [6, 6.07) is 18.2. The first-order chi connectivity index (χ1) is 15.1. The SMILES string of the molecule is CCOC(=O)C(Cc1ccccc1)N(C(=O)c1ccc2cc(OC)ccc2n1)C1CC1. The van der Waals surface area contributed by atoms with Crippen LogP contribution >= 0.6 is 0 Å². The van der Waals surface area contributed by atoms with Gasteiger partial charge in [-0.1, -0.05) is 36.4 Å². The average Bonchev–Trinajstić information content (AvgIpc) is 3.63. The Hall–Kier alpha value is -3.41. The van der Waals surface area contributed by atoms with Crippen molar-refractivity contribution >= 4 is 22.8 Å². The predicted molar refractivity (Wildman–Crippen MR) is 118 cm³/mol. The second-order valence-electron chi connectivity index (χ2n) is 7.66. The molecule has 2 aromatic carbocycles. The van der Waals surface area contributed by atoms with Crippen LogP contribution in [0.1, 0.15) is 35.8 Å². The Kier molecular flexibility index (Phi) is 6.16. The van der Waals surface area contributed by atoms with Gasteiger partial charge in [0.05, 0.1) is 19.2 Å². The summed E-state index contributed by atoms with van der Waals surface area (Å²) in [4.78, 5) is 32.7. The molecule has 6 heteroatoms. The molecule has 1 atom stereocenters. The summed E-state index contributed by atoms with van der Waals surface area (Å²) in [5.41, 5.74) is 2.02. The molecule has 0 N–H and O–H groups in total. The average molecular weight is 418 g/mol. The standard InChI is InChI=1S/C25H26N2O4/c1-3-31-25(29)23(15-17-7-5-4-6-8-17)27(19-10-11-19)24(28)22-13-9-18-16-20(30-2)12-14-21(18)26-22/h4-9,12-14,16,19,23H,3,10-11,15H2,1-2H3. The van der Waals surface area contributed by atoms with Crippen LogP contribution in [0, 0.1) is 0 Å². The molecule has 4 rings (SSSR count). The van der Waals surface area contributed by atoms with E-state index in [9.17, 15) is 9.59 Å². The highest BCUT2D eigenvalue weighted by Gasteiger charge is 2.42. The van der Waals surface area contributed by atoms with Crippen LogP contribution in [0.5, 0.6) is 5.75 Å². The molecule has 1 saturated carbocycles. The molecule has 1 amide bonds. The van der Waals surface area contributed by atoms with Crippen molar-refractivity contribution in [2.45, 2.75) is 38.3 Å². The quantitative estimate of drug-likeness (QED) is 0.517. The zero-order valence-electron chi connectivity index (χ0n) is 17.8. The number of carbonyl (C=O) groups excluding carboxylic acids is 2. The highest BCUT2D eigenvalue weighted by Crippen LogP contribution is 2.32. The fourth-order valence-electron chi connectivity index (χ4n) is 3.77. The van der Waals surface area contributed by atoms with Crippen LogP contribution in [0.25, 0.3) is 10.9 Å². The Bertz CT molecular complexity index is 1080. The van der Waals surface area contributed by atoms with Gasteiger partial charge in [-0.25, -0.2) is 9.78 Å². The largest absolute Gasteiger partial charge is 0.497 e. The van der Waals surface area contributed by atoms with Crippen LogP contribution in [0.15, 0.2) is 60.7 Å². The van der Waals surface area contributed by atoms with Gasteiger partial charge in [0.2, 0.25) is 0 Å². The van der Waals surface area contributed by atoms with E-state index in [4.69, 9.17) is 9.47 Å². The molecule has 0 aliphatic heterocycles. The number of pyridine rings is 1. The Balaban J connectivity index is 1.67. The molecule has 0 radical (unpaired) electrons. The van der Waals surface area contributed by atoms with E-state index < -0.39 is 6.04 Å². The van der Waals surface area contributed by atoms with Crippen LogP contribution in [-0.2, 0) is 16.0 Å². The fraction of sp³-hybridized carbons (Fsp3) is 0.320. The summed E-state index contributed by atoms with van der Waals surface area (Å²) in [7, 11) is 1.61. The normalized spacial score (nSPS) is 14.1. The number of esters is 1. The molecule has 1 heterocycles. The number of carbonyl (C=O) groups is 2. The fourth-order valence-corrected chi connectivity index (χ4v) is 3.77. The van der Waals surface area contributed by atoms with E-state index in [1.165, 1.54) is 0 Å². The lowest BCUT2D eigenvalue weighted by Crippen LogP contribution is -2.48. The molecule has 1 aliphatic carbocycles. The summed E-state index contributed by atoms with van der Waals surface area (Å²) in [6.07, 6.45) is 2.16. The molecule has 1 fully saturated rings. The lowest BCUT2D eigenvalue weighted by atomic mass is 10.0. The van der Waals surface area contributed by atoms with Gasteiger partial charge in [0, 0.05) is 17.8 Å². The second-order valence-corrected chi connectivity index (χ2v) is 7.66. The minimum Gasteiger partial charge on any atom is -0.497 e. The molecule has 1 unspecified atom stereocenters.